The number of rotatable bonds is 9. The van der Waals surface area contributed by atoms with Crippen molar-refractivity contribution < 1.29 is 19.0 Å². The highest BCUT2D eigenvalue weighted by atomic mass is 35.5. The molecular weight excluding hydrogens is 572 g/mol. The number of aromatic nitrogens is 1. The summed E-state index contributed by atoms with van der Waals surface area (Å²) in [7, 11) is 1.54. The second-order valence-electron chi connectivity index (χ2n) is 9.49. The number of fused-ring (bicyclic) bond motifs is 2. The van der Waals surface area contributed by atoms with Gasteiger partial charge in [-0.2, -0.15) is 0 Å². The summed E-state index contributed by atoms with van der Waals surface area (Å²) in [5.41, 5.74) is 1.83. The highest BCUT2D eigenvalue weighted by Gasteiger charge is 2.36. The Morgan fingerprint density at radius 3 is 2.69 bits per heavy atom. The molecule has 0 saturated heterocycles. The third-order valence-electron chi connectivity index (χ3n) is 6.90. The maximum atomic E-state index is 14.3. The van der Waals surface area contributed by atoms with E-state index in [-0.39, 0.29) is 18.8 Å². The number of ether oxygens (including phenoxy) is 3. The Kier molecular flexibility index (Phi) is 8.81. The first-order chi connectivity index (χ1) is 20.4. The minimum Gasteiger partial charge on any atom is -0.496 e. The van der Waals surface area contributed by atoms with Crippen molar-refractivity contribution in [2.75, 3.05) is 20.3 Å². The van der Waals surface area contributed by atoms with E-state index in [4.69, 9.17) is 37.2 Å². The molecule has 1 aliphatic heterocycles. The largest absolute Gasteiger partial charge is 0.496 e. The number of benzene rings is 3. The molecule has 214 valence electrons. The lowest BCUT2D eigenvalue weighted by molar-refractivity contribution is -0.139. The van der Waals surface area contributed by atoms with Gasteiger partial charge in [0.15, 0.2) is 4.80 Å². The van der Waals surface area contributed by atoms with Crippen LogP contribution >= 0.6 is 22.9 Å². The quantitative estimate of drug-likeness (QED) is 0.190. The standard InChI is InChI=1S/C33H29ClN2O5S/c1-5-10-25-29(32(38)40-7-3)30(24-18-21(34)14-16-26(24)39-4)36-31(37)28(42-33(36)35-25)19-23-22-12-9-8-11-20(22)13-15-27(23)41-17-6-2/h2,8-9,11-16,18-19,30H,5,7,10,17H2,1,3-4H3/b28-19+/t30-/m0/s1. The maximum Gasteiger partial charge on any atom is 0.338 e. The van der Waals surface area contributed by atoms with E-state index in [0.29, 0.717) is 49.1 Å². The molecule has 0 aliphatic carbocycles. The van der Waals surface area contributed by atoms with Crippen molar-refractivity contribution in [2.24, 2.45) is 4.99 Å². The van der Waals surface area contributed by atoms with Crippen LogP contribution in [0, 0.1) is 12.3 Å². The van der Waals surface area contributed by atoms with Crippen LogP contribution in [0.15, 0.2) is 75.7 Å². The van der Waals surface area contributed by atoms with E-state index in [2.05, 4.69) is 5.92 Å². The summed E-state index contributed by atoms with van der Waals surface area (Å²) in [6.45, 7) is 4.01. The summed E-state index contributed by atoms with van der Waals surface area (Å²) in [5, 5.41) is 2.34. The molecule has 42 heavy (non-hydrogen) atoms. The molecule has 3 aromatic carbocycles. The summed E-state index contributed by atoms with van der Waals surface area (Å²) < 4.78 is 19.0. The number of hydrogen-bond donors (Lipinski definition) is 0. The second-order valence-corrected chi connectivity index (χ2v) is 10.9. The molecule has 1 aliphatic rings. The fourth-order valence-electron chi connectivity index (χ4n) is 5.13. The third kappa shape index (κ3) is 5.46. The number of nitrogens with zero attached hydrogens (tertiary/aromatic N) is 2. The molecular formula is C33H29ClN2O5S. The molecule has 0 N–H and O–H groups in total. The molecule has 7 nitrogen and oxygen atoms in total. The summed E-state index contributed by atoms with van der Waals surface area (Å²) in [6.07, 6.45) is 8.53. The lowest BCUT2D eigenvalue weighted by Crippen LogP contribution is -2.40. The summed E-state index contributed by atoms with van der Waals surface area (Å²) in [4.78, 5) is 33.1. The van der Waals surface area contributed by atoms with Crippen LogP contribution in [-0.4, -0.2) is 30.9 Å². The van der Waals surface area contributed by atoms with E-state index in [1.165, 1.54) is 23.0 Å². The fraction of sp³-hybridized carbons (Fsp3) is 0.242. The van der Waals surface area contributed by atoms with Gasteiger partial charge in [-0.15, -0.1) is 6.42 Å². The molecule has 4 aromatic rings. The Labute approximate surface area is 252 Å². The van der Waals surface area contributed by atoms with E-state index in [1.807, 2.05) is 43.3 Å². The third-order valence-corrected chi connectivity index (χ3v) is 8.11. The molecule has 5 rings (SSSR count). The minimum absolute atomic E-state index is 0.0816. The molecule has 0 radical (unpaired) electrons. The van der Waals surface area contributed by atoms with Crippen LogP contribution < -0.4 is 24.4 Å². The molecule has 0 spiro atoms. The Morgan fingerprint density at radius 2 is 1.95 bits per heavy atom. The molecule has 1 aromatic heterocycles. The molecule has 2 heterocycles. The summed E-state index contributed by atoms with van der Waals surface area (Å²) >= 11 is 7.69. The van der Waals surface area contributed by atoms with Gasteiger partial charge in [-0.25, -0.2) is 9.79 Å². The fourth-order valence-corrected chi connectivity index (χ4v) is 6.32. The molecule has 9 heteroatoms. The zero-order chi connectivity index (χ0) is 29.8. The number of carbonyl (C=O) groups is 1. The minimum atomic E-state index is -0.859. The first kappa shape index (κ1) is 29.2. The van der Waals surface area contributed by atoms with Gasteiger partial charge in [0, 0.05) is 16.1 Å². The Balaban J connectivity index is 1.84. The zero-order valence-electron chi connectivity index (χ0n) is 23.5. The first-order valence-electron chi connectivity index (χ1n) is 13.5. The Hall–Kier alpha value is -4.32. The van der Waals surface area contributed by atoms with Gasteiger partial charge in [-0.1, -0.05) is 72.5 Å². The monoisotopic (exact) mass is 600 g/mol. The zero-order valence-corrected chi connectivity index (χ0v) is 25.1. The highest BCUT2D eigenvalue weighted by Crippen LogP contribution is 2.38. The summed E-state index contributed by atoms with van der Waals surface area (Å²) in [5.74, 6) is 3.01. The number of methoxy groups -OCH3 is 1. The van der Waals surface area contributed by atoms with E-state index < -0.39 is 12.0 Å². The van der Waals surface area contributed by atoms with Crippen molar-refractivity contribution in [1.82, 2.24) is 4.57 Å². The first-order valence-corrected chi connectivity index (χ1v) is 14.7. The Bertz CT molecular complexity index is 1930. The van der Waals surface area contributed by atoms with Crippen LogP contribution in [0.25, 0.3) is 16.8 Å². The molecule has 1 atom stereocenters. The number of esters is 1. The van der Waals surface area contributed by atoms with E-state index >= 15 is 0 Å². The SMILES string of the molecule is C#CCOc1ccc2ccccc2c1/C=c1/sc2n(c1=O)[C@@H](c1cc(Cl)ccc1OC)C(C(=O)OCC)=C(CCC)N=2. The van der Waals surface area contributed by atoms with Gasteiger partial charge in [0.25, 0.3) is 5.56 Å². The van der Waals surface area contributed by atoms with Gasteiger partial charge in [0.1, 0.15) is 24.1 Å². The van der Waals surface area contributed by atoms with E-state index in [0.717, 1.165) is 22.8 Å². The van der Waals surface area contributed by atoms with Gasteiger partial charge < -0.3 is 14.2 Å². The van der Waals surface area contributed by atoms with Crippen LogP contribution in [0.4, 0.5) is 0 Å². The van der Waals surface area contributed by atoms with Gasteiger partial charge >= 0.3 is 5.97 Å². The maximum absolute atomic E-state index is 14.3. The average Bonchev–Trinajstić information content (AvgIpc) is 3.30. The van der Waals surface area contributed by atoms with Crippen molar-refractivity contribution in [3.05, 3.63) is 102 Å². The number of terminal acetylenes is 1. The number of halogens is 1. The van der Waals surface area contributed by atoms with E-state index in [9.17, 15) is 9.59 Å². The normalized spacial score (nSPS) is 14.7. The molecule has 0 amide bonds. The number of allylic oxidation sites excluding steroid dienone is 1. The number of thiazole rings is 1. The predicted octanol–water partition coefficient (Wildman–Crippen LogP) is 5.41. The van der Waals surface area contributed by atoms with Crippen LogP contribution in [0.2, 0.25) is 5.02 Å². The van der Waals surface area contributed by atoms with Gasteiger partial charge in [-0.05, 0) is 54.5 Å². The van der Waals surface area contributed by atoms with Crippen LogP contribution in [0.5, 0.6) is 11.5 Å². The van der Waals surface area contributed by atoms with Crippen molar-refractivity contribution in [2.45, 2.75) is 32.7 Å². The predicted molar refractivity (Wildman–Crippen MR) is 166 cm³/mol. The van der Waals surface area contributed by atoms with Gasteiger partial charge in [0.05, 0.1) is 29.5 Å². The average molecular weight is 601 g/mol. The topological polar surface area (TPSA) is 79.1 Å². The lowest BCUT2D eigenvalue weighted by atomic mass is 9.93. The molecule has 0 saturated carbocycles. The van der Waals surface area contributed by atoms with Crippen LogP contribution in [-0.2, 0) is 9.53 Å². The molecule has 0 unspecified atom stereocenters. The van der Waals surface area contributed by atoms with Gasteiger partial charge in [0.2, 0.25) is 0 Å². The molecule has 0 fully saturated rings. The van der Waals surface area contributed by atoms with Crippen molar-refractivity contribution in [3.63, 3.8) is 0 Å². The van der Waals surface area contributed by atoms with Crippen molar-refractivity contribution in [3.8, 4) is 23.8 Å². The summed E-state index contributed by atoms with van der Waals surface area (Å²) in [6, 6.07) is 15.9. The van der Waals surface area contributed by atoms with Crippen LogP contribution in [0.3, 0.4) is 0 Å². The number of hydrogen-bond acceptors (Lipinski definition) is 7. The smallest absolute Gasteiger partial charge is 0.338 e. The van der Waals surface area contributed by atoms with Crippen LogP contribution in [0.1, 0.15) is 43.9 Å². The second kappa shape index (κ2) is 12.7. The molecule has 0 bridgehead atoms. The van der Waals surface area contributed by atoms with Crippen molar-refractivity contribution in [1.29, 1.82) is 0 Å². The number of carbonyl (C=O) groups excluding carboxylic acids is 1. The highest BCUT2D eigenvalue weighted by molar-refractivity contribution is 7.07. The lowest BCUT2D eigenvalue weighted by Gasteiger charge is -2.27. The van der Waals surface area contributed by atoms with Crippen molar-refractivity contribution >= 4 is 45.8 Å². The Morgan fingerprint density at radius 1 is 1.17 bits per heavy atom. The van der Waals surface area contributed by atoms with Gasteiger partial charge in [-0.3, -0.25) is 9.36 Å². The van der Waals surface area contributed by atoms with E-state index in [1.54, 1.807) is 31.2 Å².